The van der Waals surface area contributed by atoms with Crippen molar-refractivity contribution in [3.8, 4) is 0 Å². The maximum Gasteiger partial charge on any atom is 0.340 e. The van der Waals surface area contributed by atoms with Crippen molar-refractivity contribution in [1.29, 1.82) is 0 Å². The Morgan fingerprint density at radius 2 is 1.63 bits per heavy atom. The summed E-state index contributed by atoms with van der Waals surface area (Å²) in [5, 5.41) is 0.779. The van der Waals surface area contributed by atoms with Crippen molar-refractivity contribution in [3.05, 3.63) is 87.8 Å². The van der Waals surface area contributed by atoms with E-state index in [4.69, 9.17) is 4.74 Å². The number of esters is 1. The number of fused-ring (bicyclic) bond motifs is 1. The summed E-state index contributed by atoms with van der Waals surface area (Å²) in [6.07, 6.45) is 2.99. The molecule has 0 saturated carbocycles. The van der Waals surface area contributed by atoms with Crippen LogP contribution in [0.5, 0.6) is 0 Å². The summed E-state index contributed by atoms with van der Waals surface area (Å²) >= 11 is 0. The summed E-state index contributed by atoms with van der Waals surface area (Å²) in [6.45, 7) is 1.65. The lowest BCUT2D eigenvalue weighted by atomic mass is 10.1. The van der Waals surface area contributed by atoms with E-state index in [-0.39, 0.29) is 5.56 Å². The number of methoxy groups -OCH3 is 1. The molecule has 27 heavy (non-hydrogen) atoms. The fourth-order valence-electron chi connectivity index (χ4n) is 2.71. The molecule has 0 fully saturated rings. The zero-order valence-corrected chi connectivity index (χ0v) is 14.9. The third-order valence-electron chi connectivity index (χ3n) is 4.09. The predicted octanol–water partition coefficient (Wildman–Crippen LogP) is 2.96. The lowest BCUT2D eigenvalue weighted by molar-refractivity contribution is -0.113. The highest BCUT2D eigenvalue weighted by Gasteiger charge is 2.16. The van der Waals surface area contributed by atoms with Crippen LogP contribution in [0.4, 0.5) is 0 Å². The molecule has 1 heterocycles. The molecule has 0 atom stereocenters. The third kappa shape index (κ3) is 3.79. The van der Waals surface area contributed by atoms with Crippen LogP contribution in [0.1, 0.15) is 22.8 Å². The number of ether oxygens (including phenoxy) is 1. The number of carbonyl (C=O) groups excluding carboxylic acids is 2. The fourth-order valence-corrected chi connectivity index (χ4v) is 2.71. The number of hydrogen-bond donors (Lipinski definition) is 1. The van der Waals surface area contributed by atoms with E-state index in [0.29, 0.717) is 16.3 Å². The Morgan fingerprint density at radius 1 is 1.00 bits per heavy atom. The highest BCUT2D eigenvalue weighted by Crippen LogP contribution is 2.16. The second kappa shape index (κ2) is 7.70. The number of nitrogens with zero attached hydrogens (tertiary/aromatic N) is 1. The van der Waals surface area contributed by atoms with Gasteiger partial charge >= 0.3 is 5.97 Å². The highest BCUT2D eigenvalue weighted by molar-refractivity contribution is 6.05. The lowest BCUT2D eigenvalue weighted by Gasteiger charge is -2.12. The van der Waals surface area contributed by atoms with Crippen LogP contribution in [0, 0.1) is 0 Å². The summed E-state index contributed by atoms with van der Waals surface area (Å²) in [4.78, 5) is 37.3. The van der Waals surface area contributed by atoms with E-state index in [1.165, 1.54) is 13.3 Å². The van der Waals surface area contributed by atoms with Crippen LogP contribution < -0.4 is 11.0 Å². The van der Waals surface area contributed by atoms with Gasteiger partial charge in [0.2, 0.25) is 0 Å². The lowest BCUT2D eigenvalue weighted by Crippen LogP contribution is -2.34. The van der Waals surface area contributed by atoms with Gasteiger partial charge in [0, 0.05) is 22.5 Å². The standard InChI is InChI=1S/C21H18N2O4/c1-14(12-15-8-4-3-5-9-15)19(24)22-23-13-18(21(26)27-2)16-10-6-7-11-17(16)20(23)25/h3-13H,1-2H3,(H,22,24)/b14-12+. The predicted molar refractivity (Wildman–Crippen MR) is 104 cm³/mol. The molecule has 0 aliphatic rings. The molecule has 6 nitrogen and oxygen atoms in total. The maximum absolute atomic E-state index is 12.7. The number of amides is 1. The topological polar surface area (TPSA) is 77.4 Å². The van der Waals surface area contributed by atoms with Crippen molar-refractivity contribution >= 4 is 28.7 Å². The minimum absolute atomic E-state index is 0.192. The van der Waals surface area contributed by atoms with Gasteiger partial charge in [0.05, 0.1) is 12.7 Å². The van der Waals surface area contributed by atoms with E-state index in [2.05, 4.69) is 5.43 Å². The Morgan fingerprint density at radius 3 is 2.30 bits per heavy atom. The van der Waals surface area contributed by atoms with Gasteiger partial charge in [0.1, 0.15) is 0 Å². The van der Waals surface area contributed by atoms with Gasteiger partial charge in [-0.1, -0.05) is 48.5 Å². The minimum atomic E-state index is -0.592. The first kappa shape index (κ1) is 18.1. The first-order valence-corrected chi connectivity index (χ1v) is 8.28. The summed E-state index contributed by atoms with van der Waals surface area (Å²) < 4.78 is 5.81. The summed E-state index contributed by atoms with van der Waals surface area (Å²) in [5.74, 6) is -1.04. The average molecular weight is 362 g/mol. The number of nitrogens with one attached hydrogen (secondary N) is 1. The van der Waals surface area contributed by atoms with Crippen LogP contribution in [0.3, 0.4) is 0 Å². The van der Waals surface area contributed by atoms with Crippen LogP contribution >= 0.6 is 0 Å². The molecule has 6 heteroatoms. The second-order valence-corrected chi connectivity index (χ2v) is 5.93. The van der Waals surface area contributed by atoms with Crippen LogP contribution in [0.2, 0.25) is 0 Å². The Hall–Kier alpha value is -3.67. The van der Waals surface area contributed by atoms with Gasteiger partial charge in [-0.05, 0) is 24.6 Å². The zero-order valence-electron chi connectivity index (χ0n) is 14.9. The molecule has 1 aromatic heterocycles. The molecular weight excluding hydrogens is 344 g/mol. The van der Waals surface area contributed by atoms with Gasteiger partial charge in [-0.2, -0.15) is 0 Å². The first-order chi connectivity index (χ1) is 13.0. The van der Waals surface area contributed by atoms with E-state index in [1.807, 2.05) is 30.3 Å². The first-order valence-electron chi connectivity index (χ1n) is 8.28. The van der Waals surface area contributed by atoms with Crippen molar-refractivity contribution in [2.24, 2.45) is 0 Å². The van der Waals surface area contributed by atoms with Gasteiger partial charge in [-0.15, -0.1) is 0 Å². The van der Waals surface area contributed by atoms with Crippen LogP contribution in [0.15, 0.2) is 71.2 Å². The molecule has 1 N–H and O–H groups in total. The van der Waals surface area contributed by atoms with E-state index in [9.17, 15) is 14.4 Å². The fraction of sp³-hybridized carbons (Fsp3) is 0.0952. The Labute approximate surface area is 155 Å². The van der Waals surface area contributed by atoms with Gasteiger partial charge < -0.3 is 4.74 Å². The zero-order chi connectivity index (χ0) is 19.4. The molecule has 0 aliphatic carbocycles. The van der Waals surface area contributed by atoms with Crippen molar-refractivity contribution in [1.82, 2.24) is 4.68 Å². The molecule has 0 bridgehead atoms. The summed E-state index contributed by atoms with van der Waals surface area (Å²) in [7, 11) is 1.26. The van der Waals surface area contributed by atoms with Crippen LogP contribution in [0.25, 0.3) is 16.8 Å². The number of benzene rings is 2. The second-order valence-electron chi connectivity index (χ2n) is 5.93. The molecule has 0 spiro atoms. The van der Waals surface area contributed by atoms with Crippen molar-refractivity contribution < 1.29 is 14.3 Å². The normalized spacial score (nSPS) is 11.3. The highest BCUT2D eigenvalue weighted by atomic mass is 16.5. The molecule has 0 unspecified atom stereocenters. The molecular formula is C21H18N2O4. The molecule has 0 saturated heterocycles. The largest absolute Gasteiger partial charge is 0.465 e. The molecule has 3 aromatic rings. The van der Waals surface area contributed by atoms with Crippen LogP contribution in [-0.2, 0) is 9.53 Å². The number of pyridine rings is 1. The Balaban J connectivity index is 2.01. The number of aromatic nitrogens is 1. The van der Waals surface area contributed by atoms with Crippen LogP contribution in [-0.4, -0.2) is 23.7 Å². The number of carbonyl (C=O) groups is 2. The molecule has 3 rings (SSSR count). The maximum atomic E-state index is 12.7. The molecule has 1 amide bonds. The molecule has 0 radical (unpaired) electrons. The van der Waals surface area contributed by atoms with Gasteiger partial charge in [0.15, 0.2) is 0 Å². The summed E-state index contributed by atoms with van der Waals surface area (Å²) in [5.41, 5.74) is 3.58. The van der Waals surface area contributed by atoms with Gasteiger partial charge in [-0.25, -0.2) is 9.47 Å². The quantitative estimate of drug-likeness (QED) is 0.572. The van der Waals surface area contributed by atoms with E-state index in [0.717, 1.165) is 10.2 Å². The summed E-state index contributed by atoms with van der Waals surface area (Å²) in [6, 6.07) is 16.0. The van der Waals surface area contributed by atoms with Gasteiger partial charge in [0.25, 0.3) is 11.5 Å². The van der Waals surface area contributed by atoms with Gasteiger partial charge in [-0.3, -0.25) is 15.0 Å². The molecule has 2 aromatic carbocycles. The molecule has 136 valence electrons. The van der Waals surface area contributed by atoms with E-state index in [1.54, 1.807) is 37.3 Å². The number of rotatable bonds is 4. The average Bonchev–Trinajstić information content (AvgIpc) is 2.70. The number of hydrogen-bond acceptors (Lipinski definition) is 4. The van der Waals surface area contributed by atoms with E-state index < -0.39 is 17.4 Å². The molecule has 0 aliphatic heterocycles. The Bertz CT molecular complexity index is 1100. The van der Waals surface area contributed by atoms with Crippen molar-refractivity contribution in [2.45, 2.75) is 6.92 Å². The van der Waals surface area contributed by atoms with Crippen molar-refractivity contribution in [3.63, 3.8) is 0 Å². The monoisotopic (exact) mass is 362 g/mol. The smallest absolute Gasteiger partial charge is 0.340 e. The third-order valence-corrected chi connectivity index (χ3v) is 4.09. The van der Waals surface area contributed by atoms with Crippen molar-refractivity contribution in [2.75, 3.05) is 12.5 Å². The van der Waals surface area contributed by atoms with E-state index >= 15 is 0 Å². The minimum Gasteiger partial charge on any atom is -0.465 e. The Kier molecular flexibility index (Phi) is 5.17. The SMILES string of the molecule is COC(=O)c1cn(NC(=O)/C(C)=C/c2ccccc2)c(=O)c2ccccc12.